The van der Waals surface area contributed by atoms with Gasteiger partial charge in [-0.3, -0.25) is 9.78 Å². The van der Waals surface area contributed by atoms with Crippen molar-refractivity contribution in [3.05, 3.63) is 27.0 Å². The Morgan fingerprint density at radius 3 is 2.62 bits per heavy atom. The molecule has 3 N–H and O–H groups in total. The minimum Gasteiger partial charge on any atom is -0.313 e. The Morgan fingerprint density at radius 2 is 2.06 bits per heavy atom. The van der Waals surface area contributed by atoms with Crippen LogP contribution in [0.2, 0.25) is 0 Å². The molecule has 0 aliphatic rings. The Bertz CT molecular complexity index is 557. The van der Waals surface area contributed by atoms with Crippen LogP contribution in [0, 0.1) is 0 Å². The molecule has 0 spiro atoms. The highest BCUT2D eigenvalue weighted by molar-refractivity contribution is 7.89. The summed E-state index contributed by atoms with van der Waals surface area (Å²) in [5, 5.41) is 0. The van der Waals surface area contributed by atoms with Crippen molar-refractivity contribution in [3.63, 3.8) is 0 Å². The van der Waals surface area contributed by atoms with Crippen molar-refractivity contribution in [2.24, 2.45) is 0 Å². The average Bonchev–Trinajstić information content (AvgIpc) is 2.17. The molecule has 0 saturated heterocycles. The first-order valence-corrected chi connectivity index (χ1v) is 6.27. The molecule has 0 saturated carbocycles. The average molecular weight is 247 g/mol. The lowest BCUT2D eigenvalue weighted by Gasteiger charge is -2.03. The van der Waals surface area contributed by atoms with Gasteiger partial charge in [0.05, 0.1) is 0 Å². The van der Waals surface area contributed by atoms with E-state index in [1.54, 1.807) is 0 Å². The van der Waals surface area contributed by atoms with Crippen molar-refractivity contribution in [1.82, 2.24) is 14.7 Å². The molecule has 1 aromatic rings. The van der Waals surface area contributed by atoms with Crippen molar-refractivity contribution in [2.45, 2.75) is 24.7 Å². The van der Waals surface area contributed by atoms with Crippen molar-refractivity contribution in [1.29, 1.82) is 0 Å². The first kappa shape index (κ1) is 12.7. The van der Waals surface area contributed by atoms with E-state index in [4.69, 9.17) is 0 Å². The molecule has 16 heavy (non-hydrogen) atoms. The number of aromatic amines is 2. The molecule has 7 nitrogen and oxygen atoms in total. The number of hydrogen-bond acceptors (Lipinski definition) is 4. The summed E-state index contributed by atoms with van der Waals surface area (Å²) in [4.78, 5) is 25.4. The lowest BCUT2D eigenvalue weighted by Crippen LogP contribution is -2.33. The lowest BCUT2D eigenvalue weighted by molar-refractivity contribution is 0.576. The molecule has 1 rings (SSSR count). The Hall–Kier alpha value is -1.41. The van der Waals surface area contributed by atoms with Gasteiger partial charge in [0.15, 0.2) is 4.90 Å². The maximum Gasteiger partial charge on any atom is 0.325 e. The van der Waals surface area contributed by atoms with E-state index in [1.165, 1.54) is 0 Å². The van der Waals surface area contributed by atoms with Gasteiger partial charge < -0.3 is 4.98 Å². The second kappa shape index (κ2) is 5.08. The summed E-state index contributed by atoms with van der Waals surface area (Å²) in [6, 6.07) is 0. The molecular formula is C8H13N3O4S. The van der Waals surface area contributed by atoms with Crippen LogP contribution in [-0.4, -0.2) is 24.9 Å². The van der Waals surface area contributed by atoms with Crippen LogP contribution in [0.3, 0.4) is 0 Å². The summed E-state index contributed by atoms with van der Waals surface area (Å²) in [6.07, 6.45) is 2.40. The molecule has 0 atom stereocenters. The number of sulfonamides is 1. The third kappa shape index (κ3) is 3.04. The van der Waals surface area contributed by atoms with Gasteiger partial charge in [0.1, 0.15) is 0 Å². The van der Waals surface area contributed by atoms with Crippen LogP contribution in [0.25, 0.3) is 0 Å². The highest BCUT2D eigenvalue weighted by atomic mass is 32.2. The molecule has 8 heteroatoms. The van der Waals surface area contributed by atoms with Crippen molar-refractivity contribution in [3.8, 4) is 0 Å². The van der Waals surface area contributed by atoms with Crippen LogP contribution < -0.4 is 16.0 Å². The van der Waals surface area contributed by atoms with Crippen LogP contribution >= 0.6 is 0 Å². The summed E-state index contributed by atoms with van der Waals surface area (Å²) < 4.78 is 25.4. The van der Waals surface area contributed by atoms with E-state index < -0.39 is 26.2 Å². The maximum absolute atomic E-state index is 11.6. The quantitative estimate of drug-likeness (QED) is 0.588. The van der Waals surface area contributed by atoms with Gasteiger partial charge in [0.2, 0.25) is 10.0 Å². The maximum atomic E-state index is 11.6. The zero-order valence-corrected chi connectivity index (χ0v) is 9.56. The van der Waals surface area contributed by atoms with Crippen LogP contribution in [0.1, 0.15) is 19.8 Å². The topological polar surface area (TPSA) is 112 Å². The van der Waals surface area contributed by atoms with Crippen LogP contribution in [0.4, 0.5) is 0 Å². The number of aromatic nitrogens is 2. The number of unbranched alkanes of at least 4 members (excludes halogenated alkanes) is 1. The molecule has 0 bridgehead atoms. The van der Waals surface area contributed by atoms with Gasteiger partial charge in [0.25, 0.3) is 5.56 Å². The van der Waals surface area contributed by atoms with E-state index in [0.29, 0.717) is 6.42 Å². The minimum absolute atomic E-state index is 0.261. The molecule has 0 aliphatic carbocycles. The summed E-state index contributed by atoms with van der Waals surface area (Å²) >= 11 is 0. The van der Waals surface area contributed by atoms with E-state index in [-0.39, 0.29) is 6.54 Å². The number of nitrogens with one attached hydrogen (secondary N) is 3. The molecule has 0 unspecified atom stereocenters. The SMILES string of the molecule is CCCCNS(=O)(=O)c1c[nH]c(=O)[nH]c1=O. The summed E-state index contributed by atoms with van der Waals surface area (Å²) in [6.45, 7) is 2.18. The molecule has 0 fully saturated rings. The Labute approximate surface area is 92.0 Å². The Kier molecular flexibility index (Phi) is 4.02. The third-order valence-corrected chi connectivity index (χ3v) is 3.36. The van der Waals surface area contributed by atoms with E-state index >= 15 is 0 Å². The van der Waals surface area contributed by atoms with Crippen molar-refractivity contribution >= 4 is 10.0 Å². The van der Waals surface area contributed by atoms with E-state index in [9.17, 15) is 18.0 Å². The third-order valence-electron chi connectivity index (χ3n) is 1.90. The normalized spacial score (nSPS) is 11.6. The molecule has 0 amide bonds. The van der Waals surface area contributed by atoms with Gasteiger partial charge in [-0.2, -0.15) is 0 Å². The number of rotatable bonds is 5. The molecule has 90 valence electrons. The lowest BCUT2D eigenvalue weighted by atomic mass is 10.3. The monoisotopic (exact) mass is 247 g/mol. The standard InChI is InChI=1S/C8H13N3O4S/c1-2-3-4-10-16(14,15)6-5-9-8(13)11-7(6)12/h5,10H,2-4H2,1H3,(H2,9,11,12,13). The fourth-order valence-electron chi connectivity index (χ4n) is 1.06. The highest BCUT2D eigenvalue weighted by Crippen LogP contribution is 1.98. The summed E-state index contributed by atoms with van der Waals surface area (Å²) in [5.74, 6) is 0. The number of hydrogen-bond donors (Lipinski definition) is 3. The van der Waals surface area contributed by atoms with Gasteiger partial charge >= 0.3 is 5.69 Å². The largest absolute Gasteiger partial charge is 0.325 e. The zero-order chi connectivity index (χ0) is 12.2. The summed E-state index contributed by atoms with van der Waals surface area (Å²) in [7, 11) is -3.84. The minimum atomic E-state index is -3.84. The molecular weight excluding hydrogens is 234 g/mol. The van der Waals surface area contributed by atoms with Crippen LogP contribution in [-0.2, 0) is 10.0 Å². The predicted molar refractivity (Wildman–Crippen MR) is 57.8 cm³/mol. The van der Waals surface area contributed by atoms with Crippen LogP contribution in [0.5, 0.6) is 0 Å². The smallest absolute Gasteiger partial charge is 0.313 e. The second-order valence-corrected chi connectivity index (χ2v) is 4.92. The first-order valence-electron chi connectivity index (χ1n) is 4.79. The Balaban J connectivity index is 2.99. The fraction of sp³-hybridized carbons (Fsp3) is 0.500. The molecule has 0 radical (unpaired) electrons. The van der Waals surface area contributed by atoms with Crippen molar-refractivity contribution in [2.75, 3.05) is 6.54 Å². The van der Waals surface area contributed by atoms with Gasteiger partial charge in [-0.05, 0) is 6.42 Å². The van der Waals surface area contributed by atoms with Gasteiger partial charge in [0, 0.05) is 12.7 Å². The summed E-state index contributed by atoms with van der Waals surface area (Å²) in [5.41, 5.74) is -1.66. The first-order chi connectivity index (χ1) is 7.47. The highest BCUT2D eigenvalue weighted by Gasteiger charge is 2.17. The van der Waals surface area contributed by atoms with E-state index in [1.807, 2.05) is 11.9 Å². The fourth-order valence-corrected chi connectivity index (χ4v) is 2.14. The predicted octanol–water partition coefficient (Wildman–Crippen LogP) is -0.858. The van der Waals surface area contributed by atoms with Gasteiger partial charge in [-0.1, -0.05) is 13.3 Å². The second-order valence-electron chi connectivity index (χ2n) is 3.19. The molecule has 1 heterocycles. The zero-order valence-electron chi connectivity index (χ0n) is 8.74. The molecule has 0 aromatic carbocycles. The Morgan fingerprint density at radius 1 is 1.38 bits per heavy atom. The van der Waals surface area contributed by atoms with Gasteiger partial charge in [-0.15, -0.1) is 0 Å². The molecule has 0 aliphatic heterocycles. The van der Waals surface area contributed by atoms with E-state index in [0.717, 1.165) is 12.6 Å². The van der Waals surface area contributed by atoms with E-state index in [2.05, 4.69) is 9.71 Å². The van der Waals surface area contributed by atoms with Crippen molar-refractivity contribution < 1.29 is 8.42 Å². The van der Waals surface area contributed by atoms with Gasteiger partial charge in [-0.25, -0.2) is 17.9 Å². The van der Waals surface area contributed by atoms with Crippen LogP contribution in [0.15, 0.2) is 20.7 Å². The molecule has 1 aromatic heterocycles. The number of H-pyrrole nitrogens is 2.